The second-order valence-corrected chi connectivity index (χ2v) is 8.69. The van der Waals surface area contributed by atoms with E-state index in [1.807, 2.05) is 0 Å². The van der Waals surface area contributed by atoms with Crippen LogP contribution in [0.5, 0.6) is 0 Å². The number of likely N-dealkylation sites (N-methyl/N-ethyl adjacent to an activating group) is 1. The van der Waals surface area contributed by atoms with Crippen LogP contribution in [0.15, 0.2) is 14.3 Å². The molecule has 0 aromatic carbocycles. The van der Waals surface area contributed by atoms with Gasteiger partial charge in [0.2, 0.25) is 0 Å². The summed E-state index contributed by atoms with van der Waals surface area (Å²) in [7, 11) is 2.22. The Morgan fingerprint density at radius 1 is 1.45 bits per heavy atom. The Bertz CT molecular complexity index is 419. The van der Waals surface area contributed by atoms with Gasteiger partial charge in [-0.3, -0.25) is 4.90 Å². The number of thiophene rings is 1. The first kappa shape index (κ1) is 16.9. The molecule has 1 aromatic heterocycles. The highest BCUT2D eigenvalue weighted by Crippen LogP contribution is 2.38. The van der Waals surface area contributed by atoms with Gasteiger partial charge in [0.1, 0.15) is 0 Å². The third-order valence-electron chi connectivity index (χ3n) is 4.04. The molecule has 0 saturated carbocycles. The summed E-state index contributed by atoms with van der Waals surface area (Å²) in [6, 6.07) is 3.14. The van der Waals surface area contributed by atoms with E-state index in [4.69, 9.17) is 5.73 Å². The summed E-state index contributed by atoms with van der Waals surface area (Å²) in [5.41, 5.74) is 6.12. The van der Waals surface area contributed by atoms with Crippen molar-refractivity contribution in [2.75, 3.05) is 33.2 Å². The third-order valence-corrected chi connectivity index (χ3v) is 7.39. The van der Waals surface area contributed by atoms with E-state index in [9.17, 15) is 0 Å². The molecule has 2 unspecified atom stereocenters. The zero-order valence-corrected chi connectivity index (χ0v) is 16.1. The van der Waals surface area contributed by atoms with Crippen molar-refractivity contribution < 1.29 is 0 Å². The van der Waals surface area contributed by atoms with Gasteiger partial charge in [0.05, 0.1) is 9.83 Å². The van der Waals surface area contributed by atoms with E-state index in [2.05, 4.69) is 61.7 Å². The molecule has 3 nitrogen and oxygen atoms in total. The monoisotopic (exact) mass is 423 g/mol. The maximum absolute atomic E-state index is 6.12. The van der Waals surface area contributed by atoms with Crippen molar-refractivity contribution in [3.63, 3.8) is 0 Å². The summed E-state index contributed by atoms with van der Waals surface area (Å²) in [6.07, 6.45) is 2.39. The summed E-state index contributed by atoms with van der Waals surface area (Å²) in [4.78, 5) is 6.42. The summed E-state index contributed by atoms with van der Waals surface area (Å²) in [5.74, 6) is 0. The van der Waals surface area contributed by atoms with E-state index < -0.39 is 0 Å². The van der Waals surface area contributed by atoms with Crippen molar-refractivity contribution in [2.24, 2.45) is 5.73 Å². The van der Waals surface area contributed by atoms with Gasteiger partial charge in [0.15, 0.2) is 0 Å². The lowest BCUT2D eigenvalue weighted by atomic mass is 10.1. The molecule has 2 atom stereocenters. The van der Waals surface area contributed by atoms with Gasteiger partial charge in [-0.05, 0) is 64.4 Å². The fourth-order valence-electron chi connectivity index (χ4n) is 2.98. The molecule has 1 aliphatic rings. The van der Waals surface area contributed by atoms with E-state index in [0.29, 0.717) is 18.6 Å². The maximum Gasteiger partial charge on any atom is 0.0843 e. The standard InChI is InChI=1S/C14H23Br2N3S/c1-3-10-9-18(2)5-4-6-19(10)12(8-17)13-7-11(15)14(16)20-13/h7,10,12H,3-6,8-9,17H2,1-2H3. The molecule has 0 amide bonds. The van der Waals surface area contributed by atoms with E-state index in [-0.39, 0.29) is 0 Å². The quantitative estimate of drug-likeness (QED) is 0.799. The first-order valence-corrected chi connectivity index (χ1v) is 9.56. The van der Waals surface area contributed by atoms with Crippen LogP contribution in [-0.4, -0.2) is 49.1 Å². The van der Waals surface area contributed by atoms with E-state index in [1.165, 1.54) is 24.3 Å². The van der Waals surface area contributed by atoms with Crippen LogP contribution in [-0.2, 0) is 0 Å². The minimum Gasteiger partial charge on any atom is -0.329 e. The maximum atomic E-state index is 6.12. The van der Waals surface area contributed by atoms with Crippen LogP contribution in [0.2, 0.25) is 0 Å². The first-order valence-electron chi connectivity index (χ1n) is 7.15. The zero-order valence-electron chi connectivity index (χ0n) is 12.1. The predicted octanol–water partition coefficient (Wildman–Crippen LogP) is 3.69. The van der Waals surface area contributed by atoms with Crippen molar-refractivity contribution in [3.8, 4) is 0 Å². The highest BCUT2D eigenvalue weighted by Gasteiger charge is 2.29. The van der Waals surface area contributed by atoms with Crippen LogP contribution in [0.1, 0.15) is 30.7 Å². The Morgan fingerprint density at radius 3 is 2.75 bits per heavy atom. The number of halogens is 2. The second-order valence-electron chi connectivity index (χ2n) is 5.44. The van der Waals surface area contributed by atoms with Crippen LogP contribution < -0.4 is 5.73 Å². The number of hydrogen-bond acceptors (Lipinski definition) is 4. The molecule has 2 rings (SSSR count). The Hall–Kier alpha value is 0.540. The number of hydrogen-bond donors (Lipinski definition) is 1. The fourth-order valence-corrected chi connectivity index (χ4v) is 5.20. The zero-order chi connectivity index (χ0) is 14.7. The van der Waals surface area contributed by atoms with Gasteiger partial charge < -0.3 is 10.6 Å². The number of nitrogens with two attached hydrogens (primary N) is 1. The summed E-state index contributed by atoms with van der Waals surface area (Å²) in [6.45, 7) is 6.42. The van der Waals surface area contributed by atoms with Crippen LogP contribution in [0, 0.1) is 0 Å². The molecular formula is C14H23Br2N3S. The Morgan fingerprint density at radius 2 is 2.20 bits per heavy atom. The molecule has 1 aliphatic heterocycles. The Kier molecular flexibility index (Phi) is 6.51. The Labute approximate surface area is 142 Å². The van der Waals surface area contributed by atoms with Crippen LogP contribution in [0.4, 0.5) is 0 Å². The molecule has 2 N–H and O–H groups in total. The molecule has 1 saturated heterocycles. The predicted molar refractivity (Wildman–Crippen MR) is 94.4 cm³/mol. The van der Waals surface area contributed by atoms with Crippen LogP contribution >= 0.6 is 43.2 Å². The minimum absolute atomic E-state index is 0.332. The third kappa shape index (κ3) is 3.84. The molecule has 0 aliphatic carbocycles. The fraction of sp³-hybridized carbons (Fsp3) is 0.714. The average molecular weight is 425 g/mol. The summed E-state index contributed by atoms with van der Waals surface area (Å²) in [5, 5.41) is 0. The molecule has 0 radical (unpaired) electrons. The van der Waals surface area contributed by atoms with Gasteiger partial charge in [0.25, 0.3) is 0 Å². The number of nitrogens with zero attached hydrogens (tertiary/aromatic N) is 2. The Balaban J connectivity index is 2.23. The molecule has 1 fully saturated rings. The topological polar surface area (TPSA) is 32.5 Å². The molecule has 0 bridgehead atoms. The lowest BCUT2D eigenvalue weighted by Gasteiger charge is -2.36. The SMILES string of the molecule is CCC1CN(C)CCCN1C(CN)c1cc(Br)c(Br)s1. The normalized spacial score (nSPS) is 23.8. The highest BCUT2D eigenvalue weighted by molar-refractivity contribution is 9.13. The van der Waals surface area contributed by atoms with Gasteiger partial charge in [-0.25, -0.2) is 0 Å². The van der Waals surface area contributed by atoms with Crippen LogP contribution in [0.25, 0.3) is 0 Å². The van der Waals surface area contributed by atoms with Crippen molar-refractivity contribution in [1.82, 2.24) is 9.80 Å². The van der Waals surface area contributed by atoms with E-state index >= 15 is 0 Å². The van der Waals surface area contributed by atoms with E-state index in [1.54, 1.807) is 11.3 Å². The average Bonchev–Trinajstić information content (AvgIpc) is 2.63. The molecule has 114 valence electrons. The summed E-state index contributed by atoms with van der Waals surface area (Å²) < 4.78 is 2.29. The molecule has 1 aromatic rings. The van der Waals surface area contributed by atoms with Crippen molar-refractivity contribution in [1.29, 1.82) is 0 Å². The minimum atomic E-state index is 0.332. The lowest BCUT2D eigenvalue weighted by molar-refractivity contribution is 0.133. The van der Waals surface area contributed by atoms with Gasteiger partial charge in [-0.1, -0.05) is 6.92 Å². The number of rotatable bonds is 4. The molecule has 20 heavy (non-hydrogen) atoms. The largest absolute Gasteiger partial charge is 0.329 e. The highest BCUT2D eigenvalue weighted by atomic mass is 79.9. The smallest absolute Gasteiger partial charge is 0.0843 e. The van der Waals surface area contributed by atoms with Gasteiger partial charge in [-0.15, -0.1) is 11.3 Å². The van der Waals surface area contributed by atoms with Gasteiger partial charge in [-0.2, -0.15) is 0 Å². The first-order chi connectivity index (χ1) is 9.56. The molecule has 0 spiro atoms. The van der Waals surface area contributed by atoms with Crippen molar-refractivity contribution in [3.05, 3.63) is 19.2 Å². The van der Waals surface area contributed by atoms with Gasteiger partial charge >= 0.3 is 0 Å². The van der Waals surface area contributed by atoms with Crippen molar-refractivity contribution in [2.45, 2.75) is 31.8 Å². The molecule has 6 heteroatoms. The van der Waals surface area contributed by atoms with E-state index in [0.717, 1.165) is 21.3 Å². The summed E-state index contributed by atoms with van der Waals surface area (Å²) >= 11 is 8.98. The molecular weight excluding hydrogens is 402 g/mol. The van der Waals surface area contributed by atoms with Crippen LogP contribution in [0.3, 0.4) is 0 Å². The lowest BCUT2D eigenvalue weighted by Crippen LogP contribution is -2.44. The molecule has 2 heterocycles. The van der Waals surface area contributed by atoms with Gasteiger partial charge in [0, 0.05) is 35.0 Å². The second kappa shape index (κ2) is 7.70. The van der Waals surface area contributed by atoms with Crippen molar-refractivity contribution >= 4 is 43.2 Å².